The summed E-state index contributed by atoms with van der Waals surface area (Å²) in [6.07, 6.45) is -2.02. The lowest BCUT2D eigenvalue weighted by atomic mass is 10.2. The zero-order valence-electron chi connectivity index (χ0n) is 16.6. The fraction of sp³-hybridized carbons (Fsp3) is 0.222. The van der Waals surface area contributed by atoms with E-state index >= 15 is 0 Å². The smallest absolute Gasteiger partial charge is 0.324 e. The first-order valence-electron chi connectivity index (χ1n) is 8.92. The molecule has 0 saturated heterocycles. The molecule has 0 aliphatic rings. The van der Waals surface area contributed by atoms with Gasteiger partial charge in [0.1, 0.15) is 6.04 Å². The first kappa shape index (κ1) is 23.5. The topological polar surface area (TPSA) is 119 Å². The molecule has 2 N–H and O–H groups in total. The van der Waals surface area contributed by atoms with Crippen molar-refractivity contribution in [2.24, 2.45) is 0 Å². The lowest BCUT2D eigenvalue weighted by Crippen LogP contribution is -2.25. The number of amides is 1. The van der Waals surface area contributed by atoms with Crippen LogP contribution in [0.15, 0.2) is 47.6 Å². The SMILES string of the molecule is Cc1c(Cl)c(C(F)(F)F)nn1C(C)C(=O)Nc1ccc(S(=O)(=O)Nc2ncccn2)cc1. The summed E-state index contributed by atoms with van der Waals surface area (Å²) in [6, 6.07) is 5.54. The van der Waals surface area contributed by atoms with Gasteiger partial charge in [-0.2, -0.15) is 18.3 Å². The molecule has 0 saturated carbocycles. The largest absolute Gasteiger partial charge is 0.436 e. The molecular formula is C18H16ClF3N6O3S. The maximum atomic E-state index is 13.0. The summed E-state index contributed by atoms with van der Waals surface area (Å²) in [6.45, 7) is 2.67. The van der Waals surface area contributed by atoms with E-state index in [1.54, 1.807) is 0 Å². The zero-order valence-corrected chi connectivity index (χ0v) is 18.1. The Hall–Kier alpha value is -3.19. The van der Waals surface area contributed by atoms with E-state index in [-0.39, 0.29) is 22.2 Å². The normalized spacial score (nSPS) is 12.9. The number of aromatic nitrogens is 4. The van der Waals surface area contributed by atoms with Crippen molar-refractivity contribution < 1.29 is 26.4 Å². The Labute approximate surface area is 185 Å². The summed E-state index contributed by atoms with van der Waals surface area (Å²) < 4.78 is 66.9. The van der Waals surface area contributed by atoms with Gasteiger partial charge >= 0.3 is 6.18 Å². The van der Waals surface area contributed by atoms with Gasteiger partial charge in [-0.3, -0.25) is 9.48 Å². The van der Waals surface area contributed by atoms with Crippen molar-refractivity contribution in [3.8, 4) is 0 Å². The molecule has 32 heavy (non-hydrogen) atoms. The standard InChI is InChI=1S/C18H16ClF3N6O3S/c1-10-14(19)15(18(20,21)22)26-28(10)11(2)16(29)25-12-4-6-13(7-5-12)32(30,31)27-17-23-8-3-9-24-17/h3-9,11H,1-2H3,(H,25,29)(H,23,24,27). The van der Waals surface area contributed by atoms with E-state index in [1.165, 1.54) is 56.6 Å². The monoisotopic (exact) mass is 488 g/mol. The van der Waals surface area contributed by atoms with Crippen molar-refractivity contribution in [3.05, 3.63) is 59.1 Å². The third kappa shape index (κ3) is 4.99. The van der Waals surface area contributed by atoms with Gasteiger partial charge in [-0.1, -0.05) is 11.6 Å². The van der Waals surface area contributed by atoms with Gasteiger partial charge in [0.05, 0.1) is 15.6 Å². The van der Waals surface area contributed by atoms with Crippen LogP contribution in [0.4, 0.5) is 24.8 Å². The van der Waals surface area contributed by atoms with Crippen LogP contribution in [0.3, 0.4) is 0 Å². The molecule has 1 atom stereocenters. The highest BCUT2D eigenvalue weighted by molar-refractivity contribution is 7.92. The second kappa shape index (κ2) is 8.74. The maximum Gasteiger partial charge on any atom is 0.436 e. The number of halogens is 4. The quantitative estimate of drug-likeness (QED) is 0.546. The second-order valence-corrected chi connectivity index (χ2v) is 8.62. The van der Waals surface area contributed by atoms with Crippen LogP contribution in [0.25, 0.3) is 0 Å². The Morgan fingerprint density at radius 1 is 1.16 bits per heavy atom. The summed E-state index contributed by atoms with van der Waals surface area (Å²) in [5, 5.41) is 5.35. The number of alkyl halides is 3. The van der Waals surface area contributed by atoms with Gasteiger partial charge < -0.3 is 5.32 Å². The molecule has 0 aliphatic carbocycles. The molecular weight excluding hydrogens is 473 g/mol. The lowest BCUT2D eigenvalue weighted by molar-refractivity contribution is -0.141. The number of sulfonamides is 1. The van der Waals surface area contributed by atoms with E-state index in [1.807, 2.05) is 0 Å². The van der Waals surface area contributed by atoms with E-state index in [2.05, 4.69) is 25.1 Å². The van der Waals surface area contributed by atoms with Gasteiger partial charge in [0, 0.05) is 18.1 Å². The van der Waals surface area contributed by atoms with E-state index in [9.17, 15) is 26.4 Å². The zero-order chi connectivity index (χ0) is 23.7. The molecule has 1 unspecified atom stereocenters. The number of carbonyl (C=O) groups excluding carboxylic acids is 1. The number of hydrogen-bond acceptors (Lipinski definition) is 6. The van der Waals surface area contributed by atoms with Crippen LogP contribution < -0.4 is 10.0 Å². The highest BCUT2D eigenvalue weighted by atomic mass is 35.5. The minimum absolute atomic E-state index is 0.0164. The molecule has 0 fully saturated rings. The van der Waals surface area contributed by atoms with Crippen LogP contribution in [0, 0.1) is 6.92 Å². The third-order valence-corrected chi connectivity index (χ3v) is 6.11. The summed E-state index contributed by atoms with van der Waals surface area (Å²) in [4.78, 5) is 20.0. The van der Waals surface area contributed by atoms with E-state index in [4.69, 9.17) is 11.6 Å². The van der Waals surface area contributed by atoms with Crippen LogP contribution in [0.5, 0.6) is 0 Å². The van der Waals surface area contributed by atoms with Crippen LogP contribution in [-0.2, 0) is 21.0 Å². The van der Waals surface area contributed by atoms with Crippen molar-refractivity contribution >= 4 is 39.2 Å². The molecule has 0 aliphatic heterocycles. The second-order valence-electron chi connectivity index (χ2n) is 6.56. The Morgan fingerprint density at radius 2 is 1.75 bits per heavy atom. The Morgan fingerprint density at radius 3 is 2.28 bits per heavy atom. The van der Waals surface area contributed by atoms with Gasteiger partial charge in [0.15, 0.2) is 5.69 Å². The van der Waals surface area contributed by atoms with Gasteiger partial charge in [0.2, 0.25) is 11.9 Å². The predicted octanol–water partition coefficient (Wildman–Crippen LogP) is 3.65. The molecule has 1 amide bonds. The van der Waals surface area contributed by atoms with E-state index < -0.39 is 38.9 Å². The van der Waals surface area contributed by atoms with Crippen molar-refractivity contribution in [2.75, 3.05) is 10.0 Å². The highest BCUT2D eigenvalue weighted by Crippen LogP contribution is 2.36. The molecule has 2 aromatic heterocycles. The Bertz CT molecular complexity index is 1230. The number of carbonyl (C=O) groups is 1. The molecule has 1 aromatic carbocycles. The number of hydrogen-bond donors (Lipinski definition) is 2. The Balaban J connectivity index is 1.74. The number of nitrogens with zero attached hydrogens (tertiary/aromatic N) is 4. The average molecular weight is 489 g/mol. The molecule has 0 bridgehead atoms. The van der Waals surface area contributed by atoms with E-state index in [0.717, 1.165) is 4.68 Å². The van der Waals surface area contributed by atoms with Crippen molar-refractivity contribution in [3.63, 3.8) is 0 Å². The molecule has 170 valence electrons. The molecule has 14 heteroatoms. The predicted molar refractivity (Wildman–Crippen MR) is 110 cm³/mol. The molecule has 3 rings (SSSR count). The van der Waals surface area contributed by atoms with Gasteiger partial charge in [-0.15, -0.1) is 0 Å². The molecule has 9 nitrogen and oxygen atoms in total. The fourth-order valence-corrected chi connectivity index (χ4v) is 3.85. The minimum atomic E-state index is -4.76. The number of rotatable bonds is 6. The van der Waals surface area contributed by atoms with Crippen LogP contribution >= 0.6 is 11.6 Å². The first-order chi connectivity index (χ1) is 14.9. The molecule has 3 aromatic rings. The average Bonchev–Trinajstić information content (AvgIpc) is 3.03. The molecule has 0 radical (unpaired) electrons. The summed E-state index contributed by atoms with van der Waals surface area (Å²) in [5.74, 6) is -0.780. The summed E-state index contributed by atoms with van der Waals surface area (Å²) >= 11 is 5.72. The van der Waals surface area contributed by atoms with Crippen LogP contribution in [0.1, 0.15) is 24.4 Å². The highest BCUT2D eigenvalue weighted by Gasteiger charge is 2.39. The van der Waals surface area contributed by atoms with Crippen molar-refractivity contribution in [1.82, 2.24) is 19.7 Å². The summed E-state index contributed by atoms with van der Waals surface area (Å²) in [5.41, 5.74) is -1.07. The first-order valence-corrected chi connectivity index (χ1v) is 10.8. The summed E-state index contributed by atoms with van der Waals surface area (Å²) in [7, 11) is -3.96. The number of nitrogens with one attached hydrogen (secondary N) is 2. The van der Waals surface area contributed by atoms with Crippen LogP contribution in [0.2, 0.25) is 5.02 Å². The lowest BCUT2D eigenvalue weighted by Gasteiger charge is -2.15. The minimum Gasteiger partial charge on any atom is -0.324 e. The number of benzene rings is 1. The molecule has 2 heterocycles. The van der Waals surface area contributed by atoms with Crippen molar-refractivity contribution in [2.45, 2.75) is 31.0 Å². The van der Waals surface area contributed by atoms with Gasteiger partial charge in [0.25, 0.3) is 10.0 Å². The van der Waals surface area contributed by atoms with Gasteiger partial charge in [-0.25, -0.2) is 23.1 Å². The third-order valence-electron chi connectivity index (χ3n) is 4.32. The van der Waals surface area contributed by atoms with E-state index in [0.29, 0.717) is 0 Å². The number of anilines is 2. The molecule has 0 spiro atoms. The fourth-order valence-electron chi connectivity index (χ4n) is 2.66. The van der Waals surface area contributed by atoms with Gasteiger partial charge in [-0.05, 0) is 44.2 Å². The van der Waals surface area contributed by atoms with Crippen molar-refractivity contribution in [1.29, 1.82) is 0 Å². The maximum absolute atomic E-state index is 13.0. The van der Waals surface area contributed by atoms with Crippen LogP contribution in [-0.4, -0.2) is 34.1 Å². The Kier molecular flexibility index (Phi) is 6.41.